The van der Waals surface area contributed by atoms with Gasteiger partial charge in [-0.2, -0.15) is 0 Å². The lowest BCUT2D eigenvalue weighted by atomic mass is 9.90. The SMILES string of the molecule is Cl.NC1CCCCC1N1C(=O)CSC1=O. The summed E-state index contributed by atoms with van der Waals surface area (Å²) in [4.78, 5) is 24.3. The van der Waals surface area contributed by atoms with Crippen molar-refractivity contribution in [3.05, 3.63) is 0 Å². The van der Waals surface area contributed by atoms with E-state index in [1.165, 1.54) is 4.90 Å². The fourth-order valence-corrected chi connectivity index (χ4v) is 2.91. The Bertz CT molecular complexity index is 259. The molecule has 0 aromatic heterocycles. The largest absolute Gasteiger partial charge is 0.326 e. The van der Waals surface area contributed by atoms with E-state index in [4.69, 9.17) is 5.73 Å². The van der Waals surface area contributed by atoms with E-state index in [1.54, 1.807) is 0 Å². The number of nitrogens with zero attached hydrogens (tertiary/aromatic N) is 1. The highest BCUT2D eigenvalue weighted by atomic mass is 35.5. The van der Waals surface area contributed by atoms with Crippen molar-refractivity contribution >= 4 is 35.3 Å². The van der Waals surface area contributed by atoms with Gasteiger partial charge in [-0.25, -0.2) is 0 Å². The molecule has 1 saturated carbocycles. The predicted molar refractivity (Wildman–Crippen MR) is 62.2 cm³/mol. The highest BCUT2D eigenvalue weighted by Gasteiger charge is 2.39. The minimum Gasteiger partial charge on any atom is -0.326 e. The summed E-state index contributed by atoms with van der Waals surface area (Å²) in [6, 6.07) is -0.0610. The zero-order valence-corrected chi connectivity index (χ0v) is 9.98. The van der Waals surface area contributed by atoms with E-state index < -0.39 is 0 Å². The van der Waals surface area contributed by atoms with Crippen LogP contribution in [-0.2, 0) is 4.79 Å². The van der Waals surface area contributed by atoms with Crippen LogP contribution in [0.2, 0.25) is 0 Å². The first-order chi connectivity index (χ1) is 6.70. The van der Waals surface area contributed by atoms with Gasteiger partial charge in [0, 0.05) is 6.04 Å². The van der Waals surface area contributed by atoms with Crippen LogP contribution in [0.25, 0.3) is 0 Å². The van der Waals surface area contributed by atoms with Gasteiger partial charge in [0.05, 0.1) is 11.8 Å². The summed E-state index contributed by atoms with van der Waals surface area (Å²) in [5.74, 6) is 0.226. The van der Waals surface area contributed by atoms with Crippen molar-refractivity contribution in [1.82, 2.24) is 4.90 Å². The van der Waals surface area contributed by atoms with Gasteiger partial charge in [-0.3, -0.25) is 14.5 Å². The molecule has 1 aliphatic heterocycles. The molecule has 2 aliphatic rings. The van der Waals surface area contributed by atoms with Gasteiger partial charge in [0.2, 0.25) is 5.91 Å². The number of imide groups is 1. The van der Waals surface area contributed by atoms with Crippen LogP contribution in [0.3, 0.4) is 0 Å². The molecule has 0 radical (unpaired) electrons. The van der Waals surface area contributed by atoms with Crippen LogP contribution in [0.15, 0.2) is 0 Å². The average molecular weight is 251 g/mol. The normalized spacial score (nSPS) is 31.7. The number of thioether (sulfide) groups is 1. The lowest BCUT2D eigenvalue weighted by molar-refractivity contribution is -0.126. The maximum Gasteiger partial charge on any atom is 0.289 e. The predicted octanol–water partition coefficient (Wildman–Crippen LogP) is 1.37. The van der Waals surface area contributed by atoms with Gasteiger partial charge < -0.3 is 5.73 Å². The molecule has 2 atom stereocenters. The lowest BCUT2D eigenvalue weighted by Gasteiger charge is -2.34. The van der Waals surface area contributed by atoms with Crippen LogP contribution in [-0.4, -0.2) is 33.9 Å². The Morgan fingerprint density at radius 1 is 1.27 bits per heavy atom. The fourth-order valence-electron chi connectivity index (χ4n) is 2.15. The summed E-state index contributed by atoms with van der Waals surface area (Å²) in [6.45, 7) is 0. The molecular formula is C9H15ClN2O2S. The molecule has 2 unspecified atom stereocenters. The minimum absolute atomic E-state index is 0. The van der Waals surface area contributed by atoms with Crippen molar-refractivity contribution in [3.63, 3.8) is 0 Å². The molecule has 0 bridgehead atoms. The van der Waals surface area contributed by atoms with Crippen LogP contribution >= 0.6 is 24.2 Å². The van der Waals surface area contributed by atoms with E-state index in [0.29, 0.717) is 5.75 Å². The maximum absolute atomic E-state index is 11.5. The van der Waals surface area contributed by atoms with E-state index in [1.807, 2.05) is 0 Å². The molecule has 2 fully saturated rings. The van der Waals surface area contributed by atoms with Gasteiger partial charge in [0.25, 0.3) is 5.24 Å². The molecule has 1 aliphatic carbocycles. The van der Waals surface area contributed by atoms with Gasteiger partial charge >= 0.3 is 0 Å². The van der Waals surface area contributed by atoms with E-state index >= 15 is 0 Å². The van der Waals surface area contributed by atoms with E-state index in [9.17, 15) is 9.59 Å². The molecule has 6 heteroatoms. The summed E-state index contributed by atoms with van der Waals surface area (Å²) in [5.41, 5.74) is 5.93. The first-order valence-electron chi connectivity index (χ1n) is 4.94. The smallest absolute Gasteiger partial charge is 0.289 e. The summed E-state index contributed by atoms with van der Waals surface area (Å²) in [7, 11) is 0. The molecule has 15 heavy (non-hydrogen) atoms. The third kappa shape index (κ3) is 2.46. The summed E-state index contributed by atoms with van der Waals surface area (Å²) in [6.07, 6.45) is 3.98. The van der Waals surface area contributed by atoms with Crippen molar-refractivity contribution in [2.45, 2.75) is 37.8 Å². The van der Waals surface area contributed by atoms with Crippen LogP contribution in [0.5, 0.6) is 0 Å². The molecule has 1 saturated heterocycles. The Balaban J connectivity index is 0.00000112. The molecule has 0 aromatic rings. The first kappa shape index (κ1) is 12.8. The number of carbonyl (C=O) groups is 2. The number of nitrogens with two attached hydrogens (primary N) is 1. The Morgan fingerprint density at radius 3 is 2.47 bits per heavy atom. The highest BCUT2D eigenvalue weighted by molar-refractivity contribution is 8.14. The Hall–Kier alpha value is -0.260. The number of halogens is 1. The quantitative estimate of drug-likeness (QED) is 0.764. The van der Waals surface area contributed by atoms with Crippen LogP contribution in [0.4, 0.5) is 4.79 Å². The molecule has 2 amide bonds. The highest BCUT2D eigenvalue weighted by Crippen LogP contribution is 2.28. The van der Waals surface area contributed by atoms with Crippen molar-refractivity contribution in [2.24, 2.45) is 5.73 Å². The maximum atomic E-state index is 11.5. The second-order valence-electron chi connectivity index (χ2n) is 3.83. The topological polar surface area (TPSA) is 63.4 Å². The van der Waals surface area contributed by atoms with E-state index in [0.717, 1.165) is 37.4 Å². The Morgan fingerprint density at radius 2 is 1.93 bits per heavy atom. The molecule has 86 valence electrons. The molecule has 0 aromatic carbocycles. The summed E-state index contributed by atoms with van der Waals surface area (Å²) >= 11 is 1.09. The molecule has 2 N–H and O–H groups in total. The van der Waals surface area contributed by atoms with Crippen LogP contribution in [0.1, 0.15) is 25.7 Å². The second-order valence-corrected chi connectivity index (χ2v) is 4.76. The first-order valence-corrected chi connectivity index (χ1v) is 5.93. The Kier molecular flexibility index (Phi) is 4.43. The molecule has 1 heterocycles. The zero-order valence-electron chi connectivity index (χ0n) is 8.35. The van der Waals surface area contributed by atoms with Gasteiger partial charge in [-0.15, -0.1) is 12.4 Å². The van der Waals surface area contributed by atoms with Gasteiger partial charge in [-0.1, -0.05) is 24.6 Å². The number of amides is 2. The molecule has 2 rings (SSSR count). The van der Waals surface area contributed by atoms with Gasteiger partial charge in [0.1, 0.15) is 0 Å². The van der Waals surface area contributed by atoms with Gasteiger partial charge in [0.15, 0.2) is 0 Å². The third-order valence-electron chi connectivity index (χ3n) is 2.90. The monoisotopic (exact) mass is 250 g/mol. The van der Waals surface area contributed by atoms with Crippen LogP contribution in [0, 0.1) is 0 Å². The third-order valence-corrected chi connectivity index (χ3v) is 3.73. The fraction of sp³-hybridized carbons (Fsp3) is 0.778. The van der Waals surface area contributed by atoms with E-state index in [-0.39, 0.29) is 35.6 Å². The second kappa shape index (κ2) is 5.18. The number of hydrogen-bond acceptors (Lipinski definition) is 4. The summed E-state index contributed by atoms with van der Waals surface area (Å²) in [5, 5.41) is -0.114. The van der Waals surface area contributed by atoms with Crippen molar-refractivity contribution in [1.29, 1.82) is 0 Å². The minimum atomic E-state index is -0.114. The number of hydrogen-bond donors (Lipinski definition) is 1. The van der Waals surface area contributed by atoms with Crippen molar-refractivity contribution < 1.29 is 9.59 Å². The zero-order chi connectivity index (χ0) is 10.1. The number of rotatable bonds is 1. The Labute approximate surface area is 99.3 Å². The van der Waals surface area contributed by atoms with Crippen molar-refractivity contribution in [3.8, 4) is 0 Å². The standard InChI is InChI=1S/C9H14N2O2S.ClH/c10-6-3-1-2-4-7(6)11-8(12)5-14-9(11)13;/h6-7H,1-5,10H2;1H. The molecule has 4 nitrogen and oxygen atoms in total. The lowest BCUT2D eigenvalue weighted by Crippen LogP contribution is -2.51. The van der Waals surface area contributed by atoms with E-state index in [2.05, 4.69) is 0 Å². The average Bonchev–Trinajstić information content (AvgIpc) is 2.48. The number of carbonyl (C=O) groups excluding carboxylic acids is 2. The van der Waals surface area contributed by atoms with Gasteiger partial charge in [-0.05, 0) is 12.8 Å². The molecule has 0 spiro atoms. The molecular weight excluding hydrogens is 236 g/mol. The van der Waals surface area contributed by atoms with Crippen LogP contribution < -0.4 is 5.73 Å². The van der Waals surface area contributed by atoms with Crippen molar-refractivity contribution in [2.75, 3.05) is 5.75 Å². The summed E-state index contributed by atoms with van der Waals surface area (Å²) < 4.78 is 0.